The Morgan fingerprint density at radius 1 is 1.33 bits per heavy atom. The lowest BCUT2D eigenvalue weighted by atomic mass is 9.98. The molecule has 1 atom stereocenters. The molecule has 0 aromatic carbocycles. The molecule has 0 N–H and O–H groups in total. The van der Waals surface area contributed by atoms with Crippen LogP contribution in [0.2, 0.25) is 0 Å². The molecule has 0 saturated carbocycles. The number of ether oxygens (including phenoxy) is 2. The summed E-state index contributed by atoms with van der Waals surface area (Å²) in [6, 6.07) is 0. The molecule has 1 rings (SSSR count). The van der Waals surface area contributed by atoms with Crippen molar-refractivity contribution in [3.05, 3.63) is 0 Å². The van der Waals surface area contributed by atoms with Gasteiger partial charge in [-0.1, -0.05) is 13.8 Å². The van der Waals surface area contributed by atoms with Crippen LogP contribution in [0.3, 0.4) is 0 Å². The molecule has 1 heterocycles. The van der Waals surface area contributed by atoms with Gasteiger partial charge in [-0.05, 0) is 36.3 Å². The Morgan fingerprint density at radius 3 is 2.53 bits per heavy atom. The lowest BCUT2D eigenvalue weighted by molar-refractivity contribution is 0.00942. The topological polar surface area (TPSA) is 18.5 Å². The van der Waals surface area contributed by atoms with Crippen LogP contribution in [-0.4, -0.2) is 32.2 Å². The smallest absolute Gasteiger partial charge is 0.0504 e. The van der Waals surface area contributed by atoms with E-state index in [0.717, 1.165) is 45.0 Å². The third-order valence-corrected chi connectivity index (χ3v) is 3.67. The zero-order valence-electron chi connectivity index (χ0n) is 9.95. The Morgan fingerprint density at radius 2 is 2.00 bits per heavy atom. The summed E-state index contributed by atoms with van der Waals surface area (Å²) >= 11 is 4.35. The highest BCUT2D eigenvalue weighted by molar-refractivity contribution is 7.80. The normalized spacial score (nSPS) is 20.8. The van der Waals surface area contributed by atoms with Gasteiger partial charge < -0.3 is 9.47 Å². The SMILES string of the molecule is CC(C)C(CS)COCC1CCOCC1. The van der Waals surface area contributed by atoms with Crippen LogP contribution in [0, 0.1) is 17.8 Å². The standard InChI is InChI=1S/C12H24O2S/c1-10(2)12(9-15)8-14-7-11-3-5-13-6-4-11/h10-12,15H,3-9H2,1-2H3. The molecule has 15 heavy (non-hydrogen) atoms. The molecule has 0 aromatic heterocycles. The van der Waals surface area contributed by atoms with Gasteiger partial charge in [-0.3, -0.25) is 0 Å². The van der Waals surface area contributed by atoms with E-state index in [-0.39, 0.29) is 0 Å². The maximum Gasteiger partial charge on any atom is 0.0504 e. The summed E-state index contributed by atoms with van der Waals surface area (Å²) in [5, 5.41) is 0. The first-order valence-corrected chi connectivity index (χ1v) is 6.63. The molecular formula is C12H24O2S. The van der Waals surface area contributed by atoms with E-state index < -0.39 is 0 Å². The molecule has 0 bridgehead atoms. The molecule has 1 unspecified atom stereocenters. The monoisotopic (exact) mass is 232 g/mol. The van der Waals surface area contributed by atoms with Gasteiger partial charge in [-0.15, -0.1) is 0 Å². The van der Waals surface area contributed by atoms with E-state index in [1.165, 1.54) is 0 Å². The van der Waals surface area contributed by atoms with Crippen molar-refractivity contribution in [1.29, 1.82) is 0 Å². The Kier molecular flexibility index (Phi) is 6.69. The molecule has 2 nitrogen and oxygen atoms in total. The summed E-state index contributed by atoms with van der Waals surface area (Å²) < 4.78 is 11.1. The third kappa shape index (κ3) is 5.23. The van der Waals surface area contributed by atoms with Crippen LogP contribution in [0.25, 0.3) is 0 Å². The molecule has 1 aliphatic rings. The van der Waals surface area contributed by atoms with Gasteiger partial charge in [0.25, 0.3) is 0 Å². The summed E-state index contributed by atoms with van der Waals surface area (Å²) in [7, 11) is 0. The maximum atomic E-state index is 5.78. The number of hydrogen-bond donors (Lipinski definition) is 1. The Balaban J connectivity index is 2.08. The van der Waals surface area contributed by atoms with Crippen molar-refractivity contribution in [3.8, 4) is 0 Å². The molecule has 1 fully saturated rings. The zero-order chi connectivity index (χ0) is 11.1. The Bertz CT molecular complexity index is 156. The van der Waals surface area contributed by atoms with Crippen molar-refractivity contribution in [2.75, 3.05) is 32.2 Å². The summed E-state index contributed by atoms with van der Waals surface area (Å²) in [5.74, 6) is 2.89. The van der Waals surface area contributed by atoms with Crippen molar-refractivity contribution in [2.45, 2.75) is 26.7 Å². The van der Waals surface area contributed by atoms with E-state index in [2.05, 4.69) is 26.5 Å². The molecule has 1 saturated heterocycles. The van der Waals surface area contributed by atoms with Gasteiger partial charge in [0.15, 0.2) is 0 Å². The van der Waals surface area contributed by atoms with Crippen LogP contribution in [0.15, 0.2) is 0 Å². The fourth-order valence-electron chi connectivity index (χ4n) is 1.76. The summed E-state index contributed by atoms with van der Waals surface area (Å²) in [4.78, 5) is 0. The third-order valence-electron chi connectivity index (χ3n) is 3.20. The van der Waals surface area contributed by atoms with Gasteiger partial charge in [0, 0.05) is 19.8 Å². The van der Waals surface area contributed by atoms with Crippen molar-refractivity contribution in [3.63, 3.8) is 0 Å². The van der Waals surface area contributed by atoms with Crippen LogP contribution in [-0.2, 0) is 9.47 Å². The van der Waals surface area contributed by atoms with Crippen LogP contribution in [0.4, 0.5) is 0 Å². The van der Waals surface area contributed by atoms with Crippen LogP contribution in [0.1, 0.15) is 26.7 Å². The summed E-state index contributed by atoms with van der Waals surface area (Å²) in [6.07, 6.45) is 2.32. The number of hydrogen-bond acceptors (Lipinski definition) is 3. The molecule has 0 aliphatic carbocycles. The first kappa shape index (κ1) is 13.3. The van der Waals surface area contributed by atoms with Crippen molar-refractivity contribution >= 4 is 12.6 Å². The fourth-order valence-corrected chi connectivity index (χ4v) is 2.28. The first-order valence-electron chi connectivity index (χ1n) is 6.00. The minimum atomic E-state index is 0.591. The molecule has 90 valence electrons. The fraction of sp³-hybridized carbons (Fsp3) is 1.00. The van der Waals surface area contributed by atoms with E-state index in [4.69, 9.17) is 9.47 Å². The van der Waals surface area contributed by atoms with Gasteiger partial charge in [0.05, 0.1) is 6.61 Å². The lowest BCUT2D eigenvalue weighted by Crippen LogP contribution is -2.23. The predicted molar refractivity (Wildman–Crippen MR) is 66.5 cm³/mol. The molecular weight excluding hydrogens is 208 g/mol. The van der Waals surface area contributed by atoms with Gasteiger partial charge in [0.1, 0.15) is 0 Å². The van der Waals surface area contributed by atoms with Gasteiger partial charge in [-0.25, -0.2) is 0 Å². The second-order valence-electron chi connectivity index (χ2n) is 4.78. The van der Waals surface area contributed by atoms with Crippen molar-refractivity contribution in [2.24, 2.45) is 17.8 Å². The maximum absolute atomic E-state index is 5.78. The quantitative estimate of drug-likeness (QED) is 0.710. The van der Waals surface area contributed by atoms with Gasteiger partial charge >= 0.3 is 0 Å². The highest BCUT2D eigenvalue weighted by Gasteiger charge is 2.16. The van der Waals surface area contributed by atoms with E-state index >= 15 is 0 Å². The van der Waals surface area contributed by atoms with E-state index in [1.807, 2.05) is 0 Å². The second kappa shape index (κ2) is 7.53. The highest BCUT2D eigenvalue weighted by atomic mass is 32.1. The minimum absolute atomic E-state index is 0.591. The van der Waals surface area contributed by atoms with Crippen LogP contribution < -0.4 is 0 Å². The molecule has 0 amide bonds. The van der Waals surface area contributed by atoms with Crippen molar-refractivity contribution in [1.82, 2.24) is 0 Å². The highest BCUT2D eigenvalue weighted by Crippen LogP contribution is 2.17. The first-order chi connectivity index (χ1) is 7.24. The largest absolute Gasteiger partial charge is 0.381 e. The van der Waals surface area contributed by atoms with E-state index in [0.29, 0.717) is 17.8 Å². The molecule has 0 radical (unpaired) electrons. The average molecular weight is 232 g/mol. The van der Waals surface area contributed by atoms with E-state index in [9.17, 15) is 0 Å². The molecule has 0 aromatic rings. The molecule has 3 heteroatoms. The second-order valence-corrected chi connectivity index (χ2v) is 5.15. The van der Waals surface area contributed by atoms with Crippen LogP contribution in [0.5, 0.6) is 0 Å². The predicted octanol–water partition coefficient (Wildman–Crippen LogP) is 2.63. The zero-order valence-corrected chi connectivity index (χ0v) is 10.8. The molecule has 1 aliphatic heterocycles. The Hall–Kier alpha value is 0.270. The summed E-state index contributed by atoms with van der Waals surface area (Å²) in [5.41, 5.74) is 0. The van der Waals surface area contributed by atoms with Crippen LogP contribution >= 0.6 is 12.6 Å². The number of thiol groups is 1. The average Bonchev–Trinajstić information content (AvgIpc) is 2.25. The molecule has 0 spiro atoms. The van der Waals surface area contributed by atoms with Crippen molar-refractivity contribution < 1.29 is 9.47 Å². The number of rotatable bonds is 6. The lowest BCUT2D eigenvalue weighted by Gasteiger charge is -2.24. The summed E-state index contributed by atoms with van der Waals surface area (Å²) in [6.45, 7) is 8.05. The van der Waals surface area contributed by atoms with Gasteiger partial charge in [0.2, 0.25) is 0 Å². The Labute approximate surface area is 99.1 Å². The van der Waals surface area contributed by atoms with E-state index in [1.54, 1.807) is 0 Å². The van der Waals surface area contributed by atoms with Gasteiger partial charge in [-0.2, -0.15) is 12.6 Å². The minimum Gasteiger partial charge on any atom is -0.381 e.